The van der Waals surface area contributed by atoms with Crippen molar-refractivity contribution >= 4 is 12.4 Å². The average Bonchev–Trinajstić information content (AvgIpc) is 2.41. The highest BCUT2D eigenvalue weighted by atomic mass is 35.5. The fraction of sp³-hybridized carbons (Fsp3) is 0.571. The van der Waals surface area contributed by atoms with Gasteiger partial charge in [0, 0.05) is 26.2 Å². The molecule has 0 unspecified atom stereocenters. The number of aliphatic hydroxyl groups excluding tert-OH is 1. The van der Waals surface area contributed by atoms with Gasteiger partial charge in [0.25, 0.3) is 0 Å². The number of aryl methyl sites for hydroxylation is 1. The van der Waals surface area contributed by atoms with Crippen LogP contribution in [0, 0.1) is 6.92 Å². The minimum atomic E-state index is 0. The Labute approximate surface area is 121 Å². The van der Waals surface area contributed by atoms with Crippen LogP contribution in [0.1, 0.15) is 17.2 Å². The summed E-state index contributed by atoms with van der Waals surface area (Å²) in [7, 11) is 1.68. The van der Waals surface area contributed by atoms with E-state index in [4.69, 9.17) is 4.74 Å². The van der Waals surface area contributed by atoms with Gasteiger partial charge in [0.15, 0.2) is 0 Å². The fourth-order valence-corrected chi connectivity index (χ4v) is 2.53. The van der Waals surface area contributed by atoms with E-state index in [-0.39, 0.29) is 25.1 Å². The molecule has 0 amide bonds. The van der Waals surface area contributed by atoms with Crippen molar-refractivity contribution < 1.29 is 9.84 Å². The number of hydrogen-bond donors (Lipinski definition) is 2. The third kappa shape index (κ3) is 3.83. The summed E-state index contributed by atoms with van der Waals surface area (Å²) in [6, 6.07) is 6.24. The molecule has 1 atom stereocenters. The maximum atomic E-state index is 9.66. The number of halogens is 1. The summed E-state index contributed by atoms with van der Waals surface area (Å²) in [6.45, 7) is 6.14. The topological polar surface area (TPSA) is 44.7 Å². The highest BCUT2D eigenvalue weighted by Gasteiger charge is 2.21. The molecule has 1 aromatic rings. The summed E-state index contributed by atoms with van der Waals surface area (Å²) in [5.41, 5.74) is 2.28. The van der Waals surface area contributed by atoms with E-state index < -0.39 is 0 Å². The smallest absolute Gasteiger partial charge is 0.121 e. The summed E-state index contributed by atoms with van der Waals surface area (Å²) in [4.78, 5) is 2.33. The monoisotopic (exact) mass is 286 g/mol. The van der Waals surface area contributed by atoms with Crippen LogP contribution in [0.4, 0.5) is 0 Å². The zero-order chi connectivity index (χ0) is 13.0. The van der Waals surface area contributed by atoms with Crippen LogP contribution in [0.2, 0.25) is 0 Å². The van der Waals surface area contributed by atoms with Crippen molar-refractivity contribution in [3.8, 4) is 5.75 Å². The van der Waals surface area contributed by atoms with Gasteiger partial charge in [0.2, 0.25) is 0 Å². The standard InChI is InChI=1S/C14H22N2O2.ClH/c1-11-9-12(3-4-14(11)18-2)13(10-17)16-7-5-15-6-8-16;/h3-4,9,13,15,17H,5-8,10H2,1-2H3;1H/t13-;/m0./s1. The molecule has 0 spiro atoms. The Morgan fingerprint density at radius 2 is 2.05 bits per heavy atom. The SMILES string of the molecule is COc1ccc([C@H](CO)N2CCNCC2)cc1C.Cl. The summed E-state index contributed by atoms with van der Waals surface area (Å²) >= 11 is 0. The first-order valence-corrected chi connectivity index (χ1v) is 6.46. The zero-order valence-electron chi connectivity index (χ0n) is 11.6. The Morgan fingerprint density at radius 3 is 2.58 bits per heavy atom. The van der Waals surface area contributed by atoms with E-state index in [1.165, 1.54) is 0 Å². The maximum absolute atomic E-state index is 9.66. The van der Waals surface area contributed by atoms with Crippen molar-refractivity contribution in [3.63, 3.8) is 0 Å². The first kappa shape index (κ1) is 16.2. The molecule has 0 aliphatic carbocycles. The highest BCUT2D eigenvalue weighted by molar-refractivity contribution is 5.85. The predicted molar refractivity (Wildman–Crippen MR) is 79.2 cm³/mol. The summed E-state index contributed by atoms with van der Waals surface area (Å²) in [6.07, 6.45) is 0. The van der Waals surface area contributed by atoms with Gasteiger partial charge >= 0.3 is 0 Å². The van der Waals surface area contributed by atoms with Gasteiger partial charge in [0.1, 0.15) is 5.75 Å². The van der Waals surface area contributed by atoms with Crippen LogP contribution in [-0.4, -0.2) is 49.9 Å². The van der Waals surface area contributed by atoms with E-state index in [9.17, 15) is 5.11 Å². The van der Waals surface area contributed by atoms with Crippen LogP contribution in [0.15, 0.2) is 18.2 Å². The lowest BCUT2D eigenvalue weighted by Crippen LogP contribution is -2.46. The molecule has 1 aromatic carbocycles. The fourth-order valence-electron chi connectivity index (χ4n) is 2.53. The van der Waals surface area contributed by atoms with Gasteiger partial charge in [-0.05, 0) is 24.1 Å². The van der Waals surface area contributed by atoms with Crippen LogP contribution in [0.25, 0.3) is 0 Å². The Bertz CT molecular complexity index is 395. The van der Waals surface area contributed by atoms with E-state index in [2.05, 4.69) is 22.3 Å². The molecular weight excluding hydrogens is 264 g/mol. The average molecular weight is 287 g/mol. The second kappa shape index (κ2) is 7.70. The number of nitrogens with zero attached hydrogens (tertiary/aromatic N) is 1. The number of aliphatic hydroxyl groups is 1. The Kier molecular flexibility index (Phi) is 6.58. The van der Waals surface area contributed by atoms with Crippen LogP contribution in [-0.2, 0) is 0 Å². The first-order chi connectivity index (χ1) is 8.76. The highest BCUT2D eigenvalue weighted by Crippen LogP contribution is 2.26. The van der Waals surface area contributed by atoms with Gasteiger partial charge in [-0.3, -0.25) is 4.90 Å². The third-order valence-electron chi connectivity index (χ3n) is 3.57. The Hall–Kier alpha value is -0.810. The molecule has 1 fully saturated rings. The Balaban J connectivity index is 0.00000180. The van der Waals surface area contributed by atoms with Gasteiger partial charge in [-0.1, -0.05) is 12.1 Å². The molecule has 0 radical (unpaired) electrons. The second-order valence-corrected chi connectivity index (χ2v) is 4.71. The molecule has 1 aliphatic heterocycles. The quantitative estimate of drug-likeness (QED) is 0.877. The number of rotatable bonds is 4. The van der Waals surface area contributed by atoms with Crippen LogP contribution in [0.3, 0.4) is 0 Å². The Morgan fingerprint density at radius 1 is 1.37 bits per heavy atom. The van der Waals surface area contributed by atoms with Gasteiger partial charge in [-0.25, -0.2) is 0 Å². The van der Waals surface area contributed by atoms with Gasteiger partial charge in [-0.2, -0.15) is 0 Å². The molecule has 2 rings (SSSR count). The first-order valence-electron chi connectivity index (χ1n) is 6.46. The zero-order valence-corrected chi connectivity index (χ0v) is 12.4. The molecule has 108 valence electrons. The molecule has 1 aliphatic rings. The van der Waals surface area contributed by atoms with Crippen molar-refractivity contribution in [3.05, 3.63) is 29.3 Å². The second-order valence-electron chi connectivity index (χ2n) is 4.71. The molecule has 0 saturated carbocycles. The lowest BCUT2D eigenvalue weighted by Gasteiger charge is -2.34. The van der Waals surface area contributed by atoms with E-state index in [0.29, 0.717) is 0 Å². The number of benzene rings is 1. The number of hydrogen-bond acceptors (Lipinski definition) is 4. The lowest BCUT2D eigenvalue weighted by atomic mass is 10.0. The molecular formula is C14H23ClN2O2. The van der Waals surface area contributed by atoms with Crippen molar-refractivity contribution in [1.82, 2.24) is 10.2 Å². The summed E-state index contributed by atoms with van der Waals surface area (Å²) in [5.74, 6) is 0.899. The molecule has 0 aromatic heterocycles. The number of methoxy groups -OCH3 is 1. The minimum Gasteiger partial charge on any atom is -0.496 e. The molecule has 0 bridgehead atoms. The largest absolute Gasteiger partial charge is 0.496 e. The molecule has 1 heterocycles. The van der Waals surface area contributed by atoms with Crippen LogP contribution >= 0.6 is 12.4 Å². The minimum absolute atomic E-state index is 0. The van der Waals surface area contributed by atoms with Crippen LogP contribution in [0.5, 0.6) is 5.75 Å². The molecule has 5 heteroatoms. The van der Waals surface area contributed by atoms with Crippen molar-refractivity contribution in [2.75, 3.05) is 39.9 Å². The maximum Gasteiger partial charge on any atom is 0.121 e. The van der Waals surface area contributed by atoms with Crippen molar-refractivity contribution in [2.45, 2.75) is 13.0 Å². The normalized spacial score (nSPS) is 17.6. The molecule has 1 saturated heterocycles. The van der Waals surface area contributed by atoms with Crippen molar-refractivity contribution in [1.29, 1.82) is 0 Å². The van der Waals surface area contributed by atoms with Crippen LogP contribution < -0.4 is 10.1 Å². The summed E-state index contributed by atoms with van der Waals surface area (Å²) in [5, 5.41) is 13.0. The summed E-state index contributed by atoms with van der Waals surface area (Å²) < 4.78 is 5.27. The third-order valence-corrected chi connectivity index (χ3v) is 3.57. The lowest BCUT2D eigenvalue weighted by molar-refractivity contribution is 0.111. The number of ether oxygens (including phenoxy) is 1. The van der Waals surface area contributed by atoms with Crippen molar-refractivity contribution in [2.24, 2.45) is 0 Å². The molecule has 4 nitrogen and oxygen atoms in total. The van der Waals surface area contributed by atoms with E-state index >= 15 is 0 Å². The predicted octanol–water partition coefficient (Wildman–Crippen LogP) is 1.36. The van der Waals surface area contributed by atoms with Gasteiger partial charge in [0.05, 0.1) is 19.8 Å². The molecule has 19 heavy (non-hydrogen) atoms. The van der Waals surface area contributed by atoms with Gasteiger partial charge < -0.3 is 15.2 Å². The van der Waals surface area contributed by atoms with E-state index in [0.717, 1.165) is 43.1 Å². The van der Waals surface area contributed by atoms with Gasteiger partial charge in [-0.15, -0.1) is 12.4 Å². The van der Waals surface area contributed by atoms with E-state index in [1.807, 2.05) is 13.0 Å². The number of nitrogens with one attached hydrogen (secondary N) is 1. The number of piperazine rings is 1. The van der Waals surface area contributed by atoms with E-state index in [1.54, 1.807) is 7.11 Å². The molecule has 2 N–H and O–H groups in total.